The molecule has 1 aliphatic heterocycles. The molecule has 34 heavy (non-hydrogen) atoms. The number of carboxylic acids is 1. The standard InChI is InChI=1S/C27H32N4O3/c28-20-24(21-29-15-9-3-8-14-25(32)33)27(34)31-18-16-30(17-19-31)26(22-10-4-1-5-11-22)23-12-6-2-7-13-23/h1-2,4-7,10-13,21,26,29H,3,8-9,14-19H2,(H,32,33)/b24-21-. The zero-order valence-electron chi connectivity index (χ0n) is 19.4. The van der Waals surface area contributed by atoms with Crippen molar-refractivity contribution in [1.29, 1.82) is 5.26 Å². The Morgan fingerprint density at radius 3 is 2.06 bits per heavy atom. The van der Waals surface area contributed by atoms with E-state index in [1.807, 2.05) is 42.5 Å². The number of nitriles is 1. The molecule has 1 aliphatic rings. The van der Waals surface area contributed by atoms with E-state index in [-0.39, 0.29) is 23.9 Å². The largest absolute Gasteiger partial charge is 0.481 e. The lowest BCUT2D eigenvalue weighted by Gasteiger charge is -2.39. The van der Waals surface area contributed by atoms with Crippen LogP contribution >= 0.6 is 0 Å². The molecule has 0 unspecified atom stereocenters. The van der Waals surface area contributed by atoms with Crippen LogP contribution in [0.1, 0.15) is 42.9 Å². The van der Waals surface area contributed by atoms with Crippen LogP contribution in [0.15, 0.2) is 72.4 Å². The van der Waals surface area contributed by atoms with E-state index in [1.165, 1.54) is 17.3 Å². The maximum absolute atomic E-state index is 12.9. The van der Waals surface area contributed by atoms with Crippen molar-refractivity contribution < 1.29 is 14.7 Å². The molecular weight excluding hydrogens is 428 g/mol. The highest BCUT2D eigenvalue weighted by atomic mass is 16.4. The Morgan fingerprint density at radius 2 is 1.53 bits per heavy atom. The fraction of sp³-hybridized carbons (Fsp3) is 0.370. The molecule has 1 saturated heterocycles. The van der Waals surface area contributed by atoms with E-state index in [9.17, 15) is 14.9 Å². The van der Waals surface area contributed by atoms with Crippen molar-refractivity contribution in [1.82, 2.24) is 15.1 Å². The van der Waals surface area contributed by atoms with Crippen LogP contribution in [0.3, 0.4) is 0 Å². The van der Waals surface area contributed by atoms with Gasteiger partial charge in [-0.15, -0.1) is 0 Å². The van der Waals surface area contributed by atoms with Gasteiger partial charge in [0, 0.05) is 45.3 Å². The molecule has 7 nitrogen and oxygen atoms in total. The van der Waals surface area contributed by atoms with E-state index in [2.05, 4.69) is 34.5 Å². The number of carbonyl (C=O) groups is 2. The van der Waals surface area contributed by atoms with Crippen LogP contribution in [0.25, 0.3) is 0 Å². The van der Waals surface area contributed by atoms with Gasteiger partial charge in [0.2, 0.25) is 0 Å². The minimum absolute atomic E-state index is 0.0988. The molecule has 0 spiro atoms. The first-order valence-corrected chi connectivity index (χ1v) is 11.8. The lowest BCUT2D eigenvalue weighted by atomic mass is 9.96. The Labute approximate surface area is 201 Å². The second-order valence-corrected chi connectivity index (χ2v) is 8.38. The van der Waals surface area contributed by atoms with E-state index in [0.717, 1.165) is 25.9 Å². The Kier molecular flexibility index (Phi) is 9.68. The van der Waals surface area contributed by atoms with Gasteiger partial charge in [-0.3, -0.25) is 14.5 Å². The van der Waals surface area contributed by atoms with Gasteiger partial charge in [-0.1, -0.05) is 67.1 Å². The molecule has 2 aromatic rings. The van der Waals surface area contributed by atoms with Crippen molar-refractivity contribution in [3.63, 3.8) is 0 Å². The molecule has 0 radical (unpaired) electrons. The fourth-order valence-corrected chi connectivity index (χ4v) is 4.23. The summed E-state index contributed by atoms with van der Waals surface area (Å²) in [6, 6.07) is 22.9. The van der Waals surface area contributed by atoms with Crippen LogP contribution in [0, 0.1) is 11.3 Å². The van der Waals surface area contributed by atoms with Gasteiger partial charge in [-0.2, -0.15) is 5.26 Å². The topological polar surface area (TPSA) is 96.7 Å². The number of nitrogens with zero attached hydrogens (tertiary/aromatic N) is 3. The molecule has 2 N–H and O–H groups in total. The number of carboxylic acid groups (broad SMARTS) is 1. The van der Waals surface area contributed by atoms with E-state index in [0.29, 0.717) is 26.1 Å². The summed E-state index contributed by atoms with van der Waals surface area (Å²) in [5, 5.41) is 21.2. The molecule has 0 aromatic heterocycles. The van der Waals surface area contributed by atoms with Gasteiger partial charge in [0.05, 0.1) is 6.04 Å². The predicted octanol–water partition coefficient (Wildman–Crippen LogP) is 3.56. The van der Waals surface area contributed by atoms with Crippen molar-refractivity contribution in [2.24, 2.45) is 0 Å². The Bertz CT molecular complexity index is 954. The first-order chi connectivity index (χ1) is 16.6. The first-order valence-electron chi connectivity index (χ1n) is 11.8. The highest BCUT2D eigenvalue weighted by molar-refractivity contribution is 5.97. The summed E-state index contributed by atoms with van der Waals surface area (Å²) in [5.41, 5.74) is 2.54. The van der Waals surface area contributed by atoms with Gasteiger partial charge in [0.1, 0.15) is 11.6 Å². The van der Waals surface area contributed by atoms with Gasteiger partial charge in [-0.25, -0.2) is 0 Å². The number of hydrogen-bond donors (Lipinski definition) is 2. The zero-order chi connectivity index (χ0) is 24.2. The Hall–Kier alpha value is -3.63. The first kappa shape index (κ1) is 25.0. The third kappa shape index (κ3) is 7.19. The molecule has 0 bridgehead atoms. The molecule has 178 valence electrons. The van der Waals surface area contributed by atoms with E-state index < -0.39 is 5.97 Å². The molecule has 7 heteroatoms. The summed E-state index contributed by atoms with van der Waals surface area (Å²) in [7, 11) is 0. The average molecular weight is 461 g/mol. The summed E-state index contributed by atoms with van der Waals surface area (Å²) in [6.45, 7) is 3.15. The maximum atomic E-state index is 12.9. The number of unbranched alkanes of at least 4 members (excludes halogenated alkanes) is 2. The highest BCUT2D eigenvalue weighted by Gasteiger charge is 2.29. The number of rotatable bonds is 11. The molecule has 1 heterocycles. The van der Waals surface area contributed by atoms with Gasteiger partial charge >= 0.3 is 5.97 Å². The smallest absolute Gasteiger partial charge is 0.303 e. The van der Waals surface area contributed by atoms with Crippen molar-refractivity contribution in [2.45, 2.75) is 31.7 Å². The summed E-state index contributed by atoms with van der Waals surface area (Å²) in [6.07, 6.45) is 3.86. The van der Waals surface area contributed by atoms with Gasteiger partial charge < -0.3 is 15.3 Å². The van der Waals surface area contributed by atoms with Crippen LogP contribution in [0.5, 0.6) is 0 Å². The molecule has 0 aliphatic carbocycles. The van der Waals surface area contributed by atoms with Crippen LogP contribution in [0.2, 0.25) is 0 Å². The number of nitrogens with one attached hydrogen (secondary N) is 1. The fourth-order valence-electron chi connectivity index (χ4n) is 4.23. The molecular formula is C27H32N4O3. The number of aliphatic carboxylic acids is 1. The van der Waals surface area contributed by atoms with Crippen LogP contribution in [-0.4, -0.2) is 59.5 Å². The van der Waals surface area contributed by atoms with Gasteiger partial charge in [-0.05, 0) is 24.0 Å². The molecule has 2 aromatic carbocycles. The number of carbonyl (C=O) groups excluding carboxylic acids is 1. The summed E-state index contributed by atoms with van der Waals surface area (Å²) < 4.78 is 0. The summed E-state index contributed by atoms with van der Waals surface area (Å²) in [5.74, 6) is -1.04. The number of amides is 1. The number of benzene rings is 2. The minimum Gasteiger partial charge on any atom is -0.481 e. The van der Waals surface area contributed by atoms with Gasteiger partial charge in [0.25, 0.3) is 5.91 Å². The third-order valence-electron chi connectivity index (χ3n) is 6.01. The lowest BCUT2D eigenvalue weighted by molar-refractivity contribution is -0.137. The maximum Gasteiger partial charge on any atom is 0.303 e. The van der Waals surface area contributed by atoms with Crippen LogP contribution in [0.4, 0.5) is 0 Å². The summed E-state index contributed by atoms with van der Waals surface area (Å²) >= 11 is 0. The molecule has 1 amide bonds. The van der Waals surface area contributed by atoms with Crippen molar-refractivity contribution in [3.05, 3.63) is 83.6 Å². The second kappa shape index (κ2) is 13.2. The zero-order valence-corrected chi connectivity index (χ0v) is 19.4. The Balaban J connectivity index is 1.55. The molecule has 0 atom stereocenters. The highest BCUT2D eigenvalue weighted by Crippen LogP contribution is 2.29. The monoisotopic (exact) mass is 460 g/mol. The molecule has 1 fully saturated rings. The van der Waals surface area contributed by atoms with Crippen molar-refractivity contribution in [2.75, 3.05) is 32.7 Å². The van der Waals surface area contributed by atoms with E-state index >= 15 is 0 Å². The predicted molar refractivity (Wildman–Crippen MR) is 131 cm³/mol. The number of hydrogen-bond acceptors (Lipinski definition) is 5. The van der Waals surface area contributed by atoms with Crippen LogP contribution in [-0.2, 0) is 9.59 Å². The molecule has 3 rings (SSSR count). The van der Waals surface area contributed by atoms with Crippen molar-refractivity contribution >= 4 is 11.9 Å². The summed E-state index contributed by atoms with van der Waals surface area (Å²) in [4.78, 5) is 27.6. The van der Waals surface area contributed by atoms with Gasteiger partial charge in [0.15, 0.2) is 0 Å². The minimum atomic E-state index is -0.788. The average Bonchev–Trinajstić information content (AvgIpc) is 2.87. The normalized spacial score (nSPS) is 14.6. The third-order valence-corrected chi connectivity index (χ3v) is 6.01. The van der Waals surface area contributed by atoms with E-state index in [1.54, 1.807) is 4.90 Å². The van der Waals surface area contributed by atoms with Crippen LogP contribution < -0.4 is 5.32 Å². The number of piperazine rings is 1. The quantitative estimate of drug-likeness (QED) is 0.302. The molecule has 0 saturated carbocycles. The second-order valence-electron chi connectivity index (χ2n) is 8.38. The van der Waals surface area contributed by atoms with E-state index in [4.69, 9.17) is 5.11 Å². The SMILES string of the molecule is N#C/C(=C/NCCCCCC(=O)O)C(=O)N1CCN(C(c2ccccc2)c2ccccc2)CC1. The van der Waals surface area contributed by atoms with Crippen molar-refractivity contribution in [3.8, 4) is 6.07 Å². The Morgan fingerprint density at radius 1 is 0.941 bits per heavy atom. The lowest BCUT2D eigenvalue weighted by Crippen LogP contribution is -2.50.